The van der Waals surface area contributed by atoms with Crippen LogP contribution in [0, 0.1) is 5.92 Å². The lowest BCUT2D eigenvalue weighted by Gasteiger charge is -2.10. The zero-order chi connectivity index (χ0) is 12.3. The van der Waals surface area contributed by atoms with Crippen molar-refractivity contribution in [2.45, 2.75) is 20.4 Å². The van der Waals surface area contributed by atoms with Gasteiger partial charge in [-0.05, 0) is 18.1 Å². The Morgan fingerprint density at radius 3 is 3.06 bits per heavy atom. The summed E-state index contributed by atoms with van der Waals surface area (Å²) in [6.45, 7) is 5.03. The molecule has 0 aliphatic carbocycles. The number of nitrogens with zero attached hydrogens (tertiary/aromatic N) is 2. The van der Waals surface area contributed by atoms with E-state index in [1.165, 1.54) is 6.26 Å². The van der Waals surface area contributed by atoms with Crippen LogP contribution in [0.2, 0.25) is 0 Å². The van der Waals surface area contributed by atoms with Crippen molar-refractivity contribution in [1.29, 1.82) is 0 Å². The van der Waals surface area contributed by atoms with E-state index >= 15 is 0 Å². The van der Waals surface area contributed by atoms with Gasteiger partial charge in [-0.1, -0.05) is 13.8 Å². The first-order valence-corrected chi connectivity index (χ1v) is 5.53. The van der Waals surface area contributed by atoms with Gasteiger partial charge in [-0.15, -0.1) is 0 Å². The molecule has 0 spiro atoms. The maximum Gasteiger partial charge on any atom is 0.293 e. The molecule has 0 bridgehead atoms. The van der Waals surface area contributed by atoms with Crippen LogP contribution in [0.3, 0.4) is 0 Å². The summed E-state index contributed by atoms with van der Waals surface area (Å²) < 4.78 is 6.92. The van der Waals surface area contributed by atoms with Crippen LogP contribution in [0.1, 0.15) is 24.4 Å². The van der Waals surface area contributed by atoms with Crippen molar-refractivity contribution < 1.29 is 9.21 Å². The van der Waals surface area contributed by atoms with Gasteiger partial charge in [0, 0.05) is 18.9 Å². The average Bonchev–Trinajstić information content (AvgIpc) is 2.89. The van der Waals surface area contributed by atoms with Crippen LogP contribution in [0.15, 0.2) is 35.2 Å². The Balaban J connectivity index is 2.08. The number of nitrogens with one attached hydrogen (secondary N) is 1. The fourth-order valence-corrected chi connectivity index (χ4v) is 1.54. The van der Waals surface area contributed by atoms with Crippen molar-refractivity contribution in [2.75, 3.05) is 5.32 Å². The van der Waals surface area contributed by atoms with E-state index < -0.39 is 0 Å². The minimum atomic E-state index is -0.286. The van der Waals surface area contributed by atoms with Crippen molar-refractivity contribution >= 4 is 11.9 Å². The van der Waals surface area contributed by atoms with Gasteiger partial charge in [-0.25, -0.2) is 4.98 Å². The van der Waals surface area contributed by atoms with Crippen molar-refractivity contribution in [3.05, 3.63) is 36.5 Å². The highest BCUT2D eigenvalue weighted by Crippen LogP contribution is 2.10. The van der Waals surface area contributed by atoms with E-state index in [0.29, 0.717) is 11.9 Å². The molecule has 0 aliphatic rings. The molecule has 0 aliphatic heterocycles. The molecule has 0 atom stereocenters. The van der Waals surface area contributed by atoms with E-state index in [9.17, 15) is 4.79 Å². The standard InChI is InChI=1S/C12H15N3O2/c1-9(2)8-15-6-5-13-12(15)14-11(16)10-4-3-7-17-10/h3-7,9H,8H2,1-2H3,(H,13,14,16). The zero-order valence-corrected chi connectivity index (χ0v) is 9.88. The molecule has 2 aromatic rings. The van der Waals surface area contributed by atoms with E-state index in [4.69, 9.17) is 4.42 Å². The number of amides is 1. The van der Waals surface area contributed by atoms with Crippen LogP contribution in [-0.2, 0) is 6.54 Å². The third-order valence-corrected chi connectivity index (χ3v) is 2.25. The Labute approximate surface area is 99.5 Å². The monoisotopic (exact) mass is 233 g/mol. The first-order chi connectivity index (χ1) is 8.16. The maximum absolute atomic E-state index is 11.8. The third kappa shape index (κ3) is 2.75. The zero-order valence-electron chi connectivity index (χ0n) is 9.88. The van der Waals surface area contributed by atoms with Gasteiger partial charge in [0.25, 0.3) is 5.91 Å². The van der Waals surface area contributed by atoms with Crippen molar-refractivity contribution in [2.24, 2.45) is 5.92 Å². The molecule has 1 N–H and O–H groups in total. The number of carbonyl (C=O) groups excluding carboxylic acids is 1. The minimum absolute atomic E-state index is 0.282. The molecule has 0 saturated heterocycles. The van der Waals surface area contributed by atoms with Gasteiger partial charge in [0.15, 0.2) is 5.76 Å². The van der Waals surface area contributed by atoms with Crippen LogP contribution in [0.5, 0.6) is 0 Å². The summed E-state index contributed by atoms with van der Waals surface area (Å²) in [5.41, 5.74) is 0. The highest BCUT2D eigenvalue weighted by molar-refractivity contribution is 6.01. The Kier molecular flexibility index (Phi) is 3.27. The molecule has 1 amide bonds. The van der Waals surface area contributed by atoms with Crippen molar-refractivity contribution in [1.82, 2.24) is 9.55 Å². The second kappa shape index (κ2) is 4.86. The van der Waals surface area contributed by atoms with Gasteiger partial charge in [0.1, 0.15) is 0 Å². The number of aromatic nitrogens is 2. The smallest absolute Gasteiger partial charge is 0.293 e. The topological polar surface area (TPSA) is 60.1 Å². The molecule has 90 valence electrons. The molecule has 0 saturated carbocycles. The molecule has 5 nitrogen and oxygen atoms in total. The van der Waals surface area contributed by atoms with Crippen molar-refractivity contribution in [3.8, 4) is 0 Å². The number of rotatable bonds is 4. The molecule has 0 radical (unpaired) electrons. The summed E-state index contributed by atoms with van der Waals surface area (Å²) in [6, 6.07) is 3.29. The fourth-order valence-electron chi connectivity index (χ4n) is 1.54. The van der Waals surface area contributed by atoms with Gasteiger partial charge in [0.05, 0.1) is 6.26 Å². The number of hydrogen-bond acceptors (Lipinski definition) is 3. The lowest BCUT2D eigenvalue weighted by molar-refractivity contribution is 0.0995. The first-order valence-electron chi connectivity index (χ1n) is 5.53. The highest BCUT2D eigenvalue weighted by Gasteiger charge is 2.12. The second-order valence-corrected chi connectivity index (χ2v) is 4.23. The van der Waals surface area contributed by atoms with E-state index in [1.54, 1.807) is 18.3 Å². The molecule has 2 rings (SSSR count). The quantitative estimate of drug-likeness (QED) is 0.882. The Morgan fingerprint density at radius 2 is 2.41 bits per heavy atom. The van der Waals surface area contributed by atoms with Gasteiger partial charge in [0.2, 0.25) is 5.95 Å². The Morgan fingerprint density at radius 1 is 1.59 bits per heavy atom. The van der Waals surface area contributed by atoms with Crippen LogP contribution in [0.4, 0.5) is 5.95 Å². The summed E-state index contributed by atoms with van der Waals surface area (Å²) in [5, 5.41) is 2.72. The van der Waals surface area contributed by atoms with E-state index in [1.807, 2.05) is 10.8 Å². The fraction of sp³-hybridized carbons (Fsp3) is 0.333. The highest BCUT2D eigenvalue weighted by atomic mass is 16.3. The van der Waals surface area contributed by atoms with E-state index in [2.05, 4.69) is 24.1 Å². The lowest BCUT2D eigenvalue weighted by atomic mass is 10.2. The number of hydrogen-bond donors (Lipinski definition) is 1. The molecular weight excluding hydrogens is 218 g/mol. The minimum Gasteiger partial charge on any atom is -0.459 e. The number of imidazole rings is 1. The van der Waals surface area contributed by atoms with Crippen LogP contribution in [-0.4, -0.2) is 15.5 Å². The van der Waals surface area contributed by atoms with Gasteiger partial charge < -0.3 is 8.98 Å². The molecule has 0 unspecified atom stereocenters. The molecule has 0 fully saturated rings. The predicted octanol–water partition coefficient (Wildman–Crippen LogP) is 2.38. The van der Waals surface area contributed by atoms with Crippen LogP contribution in [0.25, 0.3) is 0 Å². The van der Waals surface area contributed by atoms with Crippen LogP contribution < -0.4 is 5.32 Å². The first kappa shape index (κ1) is 11.4. The number of furan rings is 1. The number of anilines is 1. The summed E-state index contributed by atoms with van der Waals surface area (Å²) in [7, 11) is 0. The lowest BCUT2D eigenvalue weighted by Crippen LogP contribution is -2.16. The largest absolute Gasteiger partial charge is 0.459 e. The summed E-state index contributed by atoms with van der Waals surface area (Å²) in [4.78, 5) is 15.9. The van der Waals surface area contributed by atoms with Gasteiger partial charge in [-0.3, -0.25) is 10.1 Å². The summed E-state index contributed by atoms with van der Waals surface area (Å²) >= 11 is 0. The van der Waals surface area contributed by atoms with Gasteiger partial charge >= 0.3 is 0 Å². The average molecular weight is 233 g/mol. The second-order valence-electron chi connectivity index (χ2n) is 4.23. The molecule has 2 aromatic heterocycles. The molecule has 0 aromatic carbocycles. The third-order valence-electron chi connectivity index (χ3n) is 2.25. The van der Waals surface area contributed by atoms with E-state index in [-0.39, 0.29) is 11.7 Å². The normalized spacial score (nSPS) is 10.8. The van der Waals surface area contributed by atoms with Crippen molar-refractivity contribution in [3.63, 3.8) is 0 Å². The van der Waals surface area contributed by atoms with E-state index in [0.717, 1.165) is 6.54 Å². The maximum atomic E-state index is 11.8. The van der Waals surface area contributed by atoms with Crippen LogP contribution >= 0.6 is 0 Å². The van der Waals surface area contributed by atoms with Gasteiger partial charge in [-0.2, -0.15) is 0 Å². The predicted molar refractivity (Wildman–Crippen MR) is 63.7 cm³/mol. The molecule has 2 heterocycles. The Hall–Kier alpha value is -2.04. The molecule has 5 heteroatoms. The SMILES string of the molecule is CC(C)Cn1ccnc1NC(=O)c1ccco1. The Bertz CT molecular complexity index is 486. The molecular formula is C12H15N3O2. The number of carbonyl (C=O) groups is 1. The summed E-state index contributed by atoms with van der Waals surface area (Å²) in [5.74, 6) is 1.03. The summed E-state index contributed by atoms with van der Waals surface area (Å²) in [6.07, 6.45) is 4.98. The molecule has 17 heavy (non-hydrogen) atoms.